The highest BCUT2D eigenvalue weighted by Gasteiger charge is 2.10. The first-order valence-electron chi connectivity index (χ1n) is 4.74. The van der Waals surface area contributed by atoms with Gasteiger partial charge in [0.1, 0.15) is 5.01 Å². The smallest absolute Gasteiger partial charge is 0.285 e. The number of pyridine rings is 1. The van der Waals surface area contributed by atoms with E-state index in [1.807, 2.05) is 0 Å². The fourth-order valence-electron chi connectivity index (χ4n) is 1.27. The highest BCUT2D eigenvalue weighted by molar-refractivity contribution is 7.15. The topological polar surface area (TPSA) is 129 Å². The Morgan fingerprint density at radius 1 is 1.50 bits per heavy atom. The van der Waals surface area contributed by atoms with Gasteiger partial charge < -0.3 is 4.57 Å². The number of anilines is 1. The minimum Gasteiger partial charge on any atom is -0.302 e. The van der Waals surface area contributed by atoms with Crippen LogP contribution in [0.15, 0.2) is 23.1 Å². The molecule has 0 saturated heterocycles. The van der Waals surface area contributed by atoms with Gasteiger partial charge in [-0.1, -0.05) is 11.3 Å². The Bertz CT molecular complexity index is 636. The van der Waals surface area contributed by atoms with Gasteiger partial charge in [0.2, 0.25) is 5.13 Å². The van der Waals surface area contributed by atoms with Crippen LogP contribution in [0.3, 0.4) is 0 Å². The summed E-state index contributed by atoms with van der Waals surface area (Å²) in [6, 6.07) is 2.30. The predicted molar refractivity (Wildman–Crippen MR) is 64.2 cm³/mol. The Balaban J connectivity index is 2.30. The molecule has 2 rings (SSSR count). The van der Waals surface area contributed by atoms with Gasteiger partial charge in [-0.05, 0) is 0 Å². The highest BCUT2D eigenvalue weighted by Crippen LogP contribution is 2.15. The summed E-state index contributed by atoms with van der Waals surface area (Å²) >= 11 is 1.16. The number of hydrazine groups is 1. The van der Waals surface area contributed by atoms with E-state index in [1.165, 1.54) is 10.8 Å². The number of rotatable bonds is 4. The molecular weight excluding hydrogens is 260 g/mol. The van der Waals surface area contributed by atoms with Crippen LogP contribution < -0.4 is 16.8 Å². The summed E-state index contributed by atoms with van der Waals surface area (Å²) in [6.45, 7) is 0.111. The zero-order valence-corrected chi connectivity index (χ0v) is 9.75. The molecule has 9 nitrogen and oxygen atoms in total. The molecule has 18 heavy (non-hydrogen) atoms. The Labute approximate surface area is 104 Å². The van der Waals surface area contributed by atoms with Crippen molar-refractivity contribution in [1.82, 2.24) is 14.8 Å². The quantitative estimate of drug-likeness (QED) is 0.451. The van der Waals surface area contributed by atoms with Crippen LogP contribution in [0.2, 0.25) is 0 Å². The molecule has 94 valence electrons. The number of nitro groups is 1. The molecule has 0 radical (unpaired) electrons. The molecule has 0 atom stereocenters. The molecular formula is C8H8N6O3S. The lowest BCUT2D eigenvalue weighted by Gasteiger charge is -2.01. The minimum atomic E-state index is -0.567. The number of aromatic nitrogens is 3. The summed E-state index contributed by atoms with van der Waals surface area (Å²) in [4.78, 5) is 21.6. The number of nitrogens with two attached hydrogens (primary N) is 1. The first kappa shape index (κ1) is 12.1. The number of nitrogens with one attached hydrogen (secondary N) is 1. The second-order valence-electron chi connectivity index (χ2n) is 3.26. The van der Waals surface area contributed by atoms with Crippen molar-refractivity contribution in [3.63, 3.8) is 0 Å². The first-order chi connectivity index (χ1) is 8.60. The van der Waals surface area contributed by atoms with Crippen LogP contribution in [0.1, 0.15) is 5.01 Å². The molecule has 2 aromatic heterocycles. The number of hydrogen-bond donors (Lipinski definition) is 2. The van der Waals surface area contributed by atoms with E-state index in [4.69, 9.17) is 5.84 Å². The number of hydrogen-bond acceptors (Lipinski definition) is 8. The van der Waals surface area contributed by atoms with Crippen molar-refractivity contribution in [3.05, 3.63) is 43.8 Å². The zero-order chi connectivity index (χ0) is 13.1. The van der Waals surface area contributed by atoms with Crippen molar-refractivity contribution < 1.29 is 4.92 Å². The average molecular weight is 268 g/mol. The number of nitrogen functional groups attached to an aromatic ring is 1. The molecule has 0 aliphatic carbocycles. The van der Waals surface area contributed by atoms with Crippen molar-refractivity contribution in [3.8, 4) is 0 Å². The Morgan fingerprint density at radius 2 is 2.28 bits per heavy atom. The summed E-state index contributed by atoms with van der Waals surface area (Å²) in [5.41, 5.74) is 1.82. The second-order valence-corrected chi connectivity index (χ2v) is 4.32. The van der Waals surface area contributed by atoms with Crippen LogP contribution >= 0.6 is 11.3 Å². The lowest BCUT2D eigenvalue weighted by molar-refractivity contribution is -0.385. The first-order valence-corrected chi connectivity index (χ1v) is 5.55. The maximum Gasteiger partial charge on any atom is 0.285 e. The van der Waals surface area contributed by atoms with Gasteiger partial charge in [-0.3, -0.25) is 20.3 Å². The van der Waals surface area contributed by atoms with E-state index in [1.54, 1.807) is 0 Å². The predicted octanol–water partition coefficient (Wildman–Crippen LogP) is -0.0581. The maximum absolute atomic E-state index is 11.5. The van der Waals surface area contributed by atoms with E-state index in [0.29, 0.717) is 10.1 Å². The molecule has 0 amide bonds. The van der Waals surface area contributed by atoms with Crippen molar-refractivity contribution in [2.75, 3.05) is 5.43 Å². The standard InChI is InChI=1S/C8H8N6O3S/c9-10-8-12-11-6(18-8)4-13-3-5(14(16)17)1-2-7(13)15/h1-3H,4,9H2,(H,10,12). The van der Waals surface area contributed by atoms with Gasteiger partial charge in [0.25, 0.3) is 11.2 Å². The number of nitrogens with zero attached hydrogens (tertiary/aromatic N) is 4. The Kier molecular flexibility index (Phi) is 3.30. The van der Waals surface area contributed by atoms with Gasteiger partial charge in [0.15, 0.2) is 0 Å². The third-order valence-electron chi connectivity index (χ3n) is 2.07. The molecule has 0 unspecified atom stereocenters. The van der Waals surface area contributed by atoms with Crippen molar-refractivity contribution >= 4 is 22.2 Å². The molecule has 3 N–H and O–H groups in total. The molecule has 0 saturated carbocycles. The maximum atomic E-state index is 11.5. The van der Waals surface area contributed by atoms with E-state index in [9.17, 15) is 14.9 Å². The Morgan fingerprint density at radius 3 is 2.89 bits per heavy atom. The molecule has 0 aliphatic rings. The zero-order valence-electron chi connectivity index (χ0n) is 8.94. The van der Waals surface area contributed by atoms with E-state index in [-0.39, 0.29) is 17.8 Å². The summed E-state index contributed by atoms with van der Waals surface area (Å²) in [6.07, 6.45) is 1.17. The molecule has 0 aliphatic heterocycles. The van der Waals surface area contributed by atoms with Gasteiger partial charge in [-0.25, -0.2) is 5.84 Å². The fourth-order valence-corrected chi connectivity index (χ4v) is 1.92. The largest absolute Gasteiger partial charge is 0.302 e. The van der Waals surface area contributed by atoms with Crippen molar-refractivity contribution in [2.45, 2.75) is 6.54 Å². The highest BCUT2D eigenvalue weighted by atomic mass is 32.1. The Hall–Kier alpha value is -2.33. The minimum absolute atomic E-state index is 0.111. The summed E-state index contributed by atoms with van der Waals surface area (Å²) < 4.78 is 1.19. The van der Waals surface area contributed by atoms with Gasteiger partial charge in [0.05, 0.1) is 17.7 Å². The molecule has 0 bridgehead atoms. The van der Waals surface area contributed by atoms with E-state index < -0.39 is 4.92 Å². The van der Waals surface area contributed by atoms with E-state index >= 15 is 0 Å². The lowest BCUT2D eigenvalue weighted by Crippen LogP contribution is -2.19. The monoisotopic (exact) mass is 268 g/mol. The third kappa shape index (κ3) is 2.49. The van der Waals surface area contributed by atoms with Crippen LogP contribution in [0.25, 0.3) is 0 Å². The van der Waals surface area contributed by atoms with Gasteiger partial charge in [0, 0.05) is 12.1 Å². The fraction of sp³-hybridized carbons (Fsp3) is 0.125. The summed E-state index contributed by atoms with van der Waals surface area (Å²) in [5.74, 6) is 5.15. The van der Waals surface area contributed by atoms with Crippen LogP contribution in [-0.4, -0.2) is 19.7 Å². The van der Waals surface area contributed by atoms with Gasteiger partial charge >= 0.3 is 0 Å². The third-order valence-corrected chi connectivity index (χ3v) is 2.91. The molecule has 2 heterocycles. The average Bonchev–Trinajstić information content (AvgIpc) is 2.79. The lowest BCUT2D eigenvalue weighted by atomic mass is 10.4. The molecule has 10 heteroatoms. The normalized spacial score (nSPS) is 10.3. The van der Waals surface area contributed by atoms with Gasteiger partial charge in [-0.15, -0.1) is 10.2 Å². The second kappa shape index (κ2) is 4.89. The van der Waals surface area contributed by atoms with Crippen LogP contribution in [0, 0.1) is 10.1 Å². The SMILES string of the molecule is NNc1nnc(Cn2cc([N+](=O)[O-])ccc2=O)s1. The molecule has 2 aromatic rings. The molecule has 0 aromatic carbocycles. The van der Waals surface area contributed by atoms with Crippen LogP contribution in [0.5, 0.6) is 0 Å². The van der Waals surface area contributed by atoms with Crippen molar-refractivity contribution in [1.29, 1.82) is 0 Å². The summed E-state index contributed by atoms with van der Waals surface area (Å²) in [5, 5.41) is 19.0. The van der Waals surface area contributed by atoms with Crippen LogP contribution in [0.4, 0.5) is 10.8 Å². The molecule has 0 spiro atoms. The molecule has 0 fully saturated rings. The van der Waals surface area contributed by atoms with Crippen LogP contribution in [-0.2, 0) is 6.54 Å². The summed E-state index contributed by atoms with van der Waals surface area (Å²) in [7, 11) is 0. The van der Waals surface area contributed by atoms with E-state index in [2.05, 4.69) is 15.6 Å². The van der Waals surface area contributed by atoms with E-state index in [0.717, 1.165) is 23.5 Å². The van der Waals surface area contributed by atoms with Crippen molar-refractivity contribution in [2.24, 2.45) is 5.84 Å². The van der Waals surface area contributed by atoms with Gasteiger partial charge in [-0.2, -0.15) is 0 Å².